The van der Waals surface area contributed by atoms with E-state index in [-0.39, 0.29) is 11.9 Å². The van der Waals surface area contributed by atoms with Gasteiger partial charge in [-0.05, 0) is 19.8 Å². The van der Waals surface area contributed by atoms with Gasteiger partial charge in [-0.1, -0.05) is 6.92 Å². The summed E-state index contributed by atoms with van der Waals surface area (Å²) in [6.07, 6.45) is 1.56. The number of rotatable bonds is 7. The standard InChI is InChI=1S/C6H11ClO2.C5H9ClO2/c1-2-5(3-4-7)6(8)9;1-2-8-5(7)3-4-6/h5H,2-4H2,1H3,(H,8,9);2-4H2,1H3. The molecule has 0 radical (unpaired) electrons. The maximum atomic E-state index is 10.3. The highest BCUT2D eigenvalue weighted by molar-refractivity contribution is 6.18. The molecule has 0 rings (SSSR count). The Kier molecular flexibility index (Phi) is 15.1. The third-order valence-electron chi connectivity index (χ3n) is 1.90. The second-order valence-corrected chi connectivity index (χ2v) is 3.92. The topological polar surface area (TPSA) is 63.6 Å². The van der Waals surface area contributed by atoms with E-state index in [0.29, 0.717) is 37.6 Å². The van der Waals surface area contributed by atoms with Crippen LogP contribution >= 0.6 is 23.2 Å². The average Bonchev–Trinajstić information content (AvgIpc) is 2.27. The lowest BCUT2D eigenvalue weighted by Gasteiger charge is -2.04. The number of hydrogen-bond acceptors (Lipinski definition) is 3. The van der Waals surface area contributed by atoms with Crippen LogP contribution < -0.4 is 0 Å². The molecule has 0 saturated carbocycles. The Morgan fingerprint density at radius 3 is 2.06 bits per heavy atom. The van der Waals surface area contributed by atoms with Gasteiger partial charge >= 0.3 is 11.9 Å². The van der Waals surface area contributed by atoms with E-state index in [2.05, 4.69) is 4.74 Å². The first kappa shape index (κ1) is 18.9. The van der Waals surface area contributed by atoms with Crippen LogP contribution in [0.1, 0.15) is 33.1 Å². The molecule has 0 aliphatic heterocycles. The van der Waals surface area contributed by atoms with Gasteiger partial charge in [-0.2, -0.15) is 0 Å². The molecule has 0 heterocycles. The van der Waals surface area contributed by atoms with Gasteiger partial charge in [0.25, 0.3) is 0 Å². The van der Waals surface area contributed by atoms with Crippen LogP contribution in [0.3, 0.4) is 0 Å². The first-order chi connectivity index (χ1) is 8.03. The molecule has 1 N–H and O–H groups in total. The van der Waals surface area contributed by atoms with Crippen molar-refractivity contribution in [1.29, 1.82) is 0 Å². The number of carbonyl (C=O) groups excluding carboxylic acids is 1. The molecule has 0 aromatic rings. The van der Waals surface area contributed by atoms with Crippen LogP contribution in [0, 0.1) is 5.92 Å². The van der Waals surface area contributed by atoms with Crippen LogP contribution in [-0.2, 0) is 14.3 Å². The SMILES string of the molecule is CCC(CCCl)C(=O)O.CCOC(=O)CCCl. The van der Waals surface area contributed by atoms with Gasteiger partial charge in [0.2, 0.25) is 0 Å². The van der Waals surface area contributed by atoms with Crippen LogP contribution in [0.15, 0.2) is 0 Å². The molecule has 0 bridgehead atoms. The van der Waals surface area contributed by atoms with Gasteiger partial charge in [-0.3, -0.25) is 9.59 Å². The van der Waals surface area contributed by atoms with Crippen molar-refractivity contribution in [2.45, 2.75) is 33.1 Å². The third kappa shape index (κ3) is 13.5. The fourth-order valence-corrected chi connectivity index (χ4v) is 1.36. The summed E-state index contributed by atoms with van der Waals surface area (Å²) >= 11 is 10.6. The minimum absolute atomic E-state index is 0.220. The maximum absolute atomic E-state index is 10.3. The minimum Gasteiger partial charge on any atom is -0.481 e. The lowest BCUT2D eigenvalue weighted by molar-refractivity contribution is -0.143. The largest absolute Gasteiger partial charge is 0.481 e. The molecule has 0 aromatic heterocycles. The van der Waals surface area contributed by atoms with E-state index in [4.69, 9.17) is 28.3 Å². The second-order valence-electron chi connectivity index (χ2n) is 3.17. The first-order valence-corrected chi connectivity index (χ1v) is 6.60. The van der Waals surface area contributed by atoms with E-state index in [1.54, 1.807) is 6.92 Å². The Hall–Kier alpha value is -0.480. The molecule has 0 fully saturated rings. The molecular weight excluding hydrogens is 267 g/mol. The van der Waals surface area contributed by atoms with Crippen molar-refractivity contribution in [2.24, 2.45) is 5.92 Å². The summed E-state index contributed by atoms with van der Waals surface area (Å²) in [6, 6.07) is 0. The average molecular weight is 287 g/mol. The number of alkyl halides is 2. The number of halogens is 2. The van der Waals surface area contributed by atoms with Gasteiger partial charge in [-0.15, -0.1) is 23.2 Å². The maximum Gasteiger partial charge on any atom is 0.306 e. The molecule has 1 unspecified atom stereocenters. The van der Waals surface area contributed by atoms with E-state index in [1.807, 2.05) is 6.92 Å². The summed E-state index contributed by atoms with van der Waals surface area (Å²) in [7, 11) is 0. The molecule has 1 atom stereocenters. The molecule has 0 saturated heterocycles. The summed E-state index contributed by atoms with van der Waals surface area (Å²) < 4.78 is 4.56. The lowest BCUT2D eigenvalue weighted by atomic mass is 10.0. The van der Waals surface area contributed by atoms with Crippen LogP contribution in [0.2, 0.25) is 0 Å². The fraction of sp³-hybridized carbons (Fsp3) is 0.818. The van der Waals surface area contributed by atoms with E-state index in [1.165, 1.54) is 0 Å². The number of carboxylic acid groups (broad SMARTS) is 1. The quantitative estimate of drug-likeness (QED) is 0.577. The smallest absolute Gasteiger partial charge is 0.306 e. The Balaban J connectivity index is 0. The third-order valence-corrected chi connectivity index (χ3v) is 2.31. The normalized spacial score (nSPS) is 11.1. The molecular formula is C11H20Cl2O4. The van der Waals surface area contributed by atoms with Gasteiger partial charge in [0, 0.05) is 11.8 Å². The molecule has 17 heavy (non-hydrogen) atoms. The van der Waals surface area contributed by atoms with Gasteiger partial charge in [0.15, 0.2) is 0 Å². The summed E-state index contributed by atoms with van der Waals surface area (Å²) in [5.41, 5.74) is 0. The van der Waals surface area contributed by atoms with Crippen molar-refractivity contribution in [1.82, 2.24) is 0 Å². The van der Waals surface area contributed by atoms with Gasteiger partial charge in [0.05, 0.1) is 18.9 Å². The minimum atomic E-state index is -0.738. The van der Waals surface area contributed by atoms with Crippen LogP contribution in [-0.4, -0.2) is 35.4 Å². The van der Waals surface area contributed by atoms with Crippen LogP contribution in [0.4, 0.5) is 0 Å². The van der Waals surface area contributed by atoms with Crippen molar-refractivity contribution in [3.05, 3.63) is 0 Å². The number of ether oxygens (including phenoxy) is 1. The van der Waals surface area contributed by atoms with Gasteiger partial charge in [0.1, 0.15) is 0 Å². The molecule has 0 spiro atoms. The molecule has 102 valence electrons. The van der Waals surface area contributed by atoms with Crippen LogP contribution in [0.25, 0.3) is 0 Å². The Morgan fingerprint density at radius 2 is 1.82 bits per heavy atom. The van der Waals surface area contributed by atoms with Crippen LogP contribution in [0.5, 0.6) is 0 Å². The zero-order valence-corrected chi connectivity index (χ0v) is 11.8. The number of carbonyl (C=O) groups is 2. The van der Waals surface area contributed by atoms with Crippen molar-refractivity contribution < 1.29 is 19.4 Å². The summed E-state index contributed by atoms with van der Waals surface area (Å²) in [4.78, 5) is 20.6. The Bertz CT molecular complexity index is 202. The van der Waals surface area contributed by atoms with Gasteiger partial charge in [-0.25, -0.2) is 0 Å². The van der Waals surface area contributed by atoms with Crippen molar-refractivity contribution >= 4 is 35.1 Å². The number of carboxylic acids is 1. The highest BCUT2D eigenvalue weighted by Crippen LogP contribution is 2.08. The zero-order valence-electron chi connectivity index (χ0n) is 10.2. The van der Waals surface area contributed by atoms with E-state index >= 15 is 0 Å². The van der Waals surface area contributed by atoms with Crippen molar-refractivity contribution in [2.75, 3.05) is 18.4 Å². The van der Waals surface area contributed by atoms with Crippen molar-refractivity contribution in [3.63, 3.8) is 0 Å². The number of esters is 1. The van der Waals surface area contributed by atoms with Gasteiger partial charge < -0.3 is 9.84 Å². The highest BCUT2D eigenvalue weighted by atomic mass is 35.5. The molecule has 0 amide bonds. The Labute approximate surface area is 112 Å². The van der Waals surface area contributed by atoms with E-state index in [9.17, 15) is 9.59 Å². The monoisotopic (exact) mass is 286 g/mol. The number of hydrogen-bond donors (Lipinski definition) is 1. The predicted octanol–water partition coefficient (Wildman–Crippen LogP) is 2.90. The summed E-state index contributed by atoms with van der Waals surface area (Å²) in [6.45, 7) is 4.06. The lowest BCUT2D eigenvalue weighted by Crippen LogP contribution is -2.12. The first-order valence-electron chi connectivity index (χ1n) is 5.53. The molecule has 0 aromatic carbocycles. The predicted molar refractivity (Wildman–Crippen MR) is 68.7 cm³/mol. The Morgan fingerprint density at radius 1 is 1.24 bits per heavy atom. The molecule has 4 nitrogen and oxygen atoms in total. The molecule has 0 aliphatic carbocycles. The highest BCUT2D eigenvalue weighted by Gasteiger charge is 2.12. The summed E-state index contributed by atoms with van der Waals surface area (Å²) in [5, 5.41) is 8.45. The number of aliphatic carboxylic acids is 1. The van der Waals surface area contributed by atoms with E-state index < -0.39 is 5.97 Å². The molecule has 6 heteroatoms. The zero-order chi connectivity index (χ0) is 13.7. The van der Waals surface area contributed by atoms with Crippen molar-refractivity contribution in [3.8, 4) is 0 Å². The summed E-state index contributed by atoms with van der Waals surface area (Å²) in [5.74, 6) is -0.424. The fourth-order valence-electron chi connectivity index (χ4n) is 0.944. The van der Waals surface area contributed by atoms with E-state index in [0.717, 1.165) is 0 Å². The second kappa shape index (κ2) is 13.6. The molecule has 0 aliphatic rings.